The maximum absolute atomic E-state index is 5.66. The number of anilines is 1. The second kappa shape index (κ2) is 14.8. The van der Waals surface area contributed by atoms with Gasteiger partial charge in [-0.15, -0.1) is 24.8 Å². The van der Waals surface area contributed by atoms with E-state index in [1.165, 1.54) is 5.69 Å². The van der Waals surface area contributed by atoms with Crippen LogP contribution in [0, 0.1) is 0 Å². The number of piperidine rings is 1. The van der Waals surface area contributed by atoms with Crippen molar-refractivity contribution in [2.45, 2.75) is 32.4 Å². The second-order valence-corrected chi connectivity index (χ2v) is 8.53. The molecule has 0 saturated carbocycles. The van der Waals surface area contributed by atoms with Gasteiger partial charge in [0.25, 0.3) is 0 Å². The van der Waals surface area contributed by atoms with E-state index in [1.807, 2.05) is 31.5 Å². The molecule has 0 amide bonds. The van der Waals surface area contributed by atoms with Crippen molar-refractivity contribution in [3.8, 4) is 34.1 Å². The number of methoxy groups -OCH3 is 3. The number of halogens is 2. The molecule has 2 heterocycles. The molecule has 37 heavy (non-hydrogen) atoms. The van der Waals surface area contributed by atoms with Crippen LogP contribution >= 0.6 is 24.8 Å². The summed E-state index contributed by atoms with van der Waals surface area (Å²) in [4.78, 5) is 7.07. The molecular formula is C28H37Cl2N3O4. The lowest BCUT2D eigenvalue weighted by Crippen LogP contribution is -2.43. The summed E-state index contributed by atoms with van der Waals surface area (Å²) in [6.45, 7) is 5.49. The fourth-order valence-electron chi connectivity index (χ4n) is 4.63. The lowest BCUT2D eigenvalue weighted by Gasteiger charge is -2.36. The summed E-state index contributed by atoms with van der Waals surface area (Å²) in [5.74, 6) is 2.72. The standard InChI is InChI=1S/C28H35N3O4.2ClH/c1-5-35-25-8-6-23(7-9-25)31(24-10-12-29-13-11-24)19-20-14-22(18-30-17-20)21-15-26(32-2)28(34-4)27(16-21)33-3;;/h6-9,14-18,24,29H,5,10-13,19H2,1-4H3;2*1H. The molecule has 0 bridgehead atoms. The zero-order valence-corrected chi connectivity index (χ0v) is 23.5. The van der Waals surface area contributed by atoms with Crippen molar-refractivity contribution in [3.05, 3.63) is 60.4 Å². The average Bonchev–Trinajstić information content (AvgIpc) is 2.92. The Bertz CT molecular complexity index is 1080. The van der Waals surface area contributed by atoms with E-state index in [2.05, 4.69) is 45.5 Å². The average molecular weight is 551 g/mol. The third-order valence-corrected chi connectivity index (χ3v) is 6.37. The van der Waals surface area contributed by atoms with Crippen molar-refractivity contribution < 1.29 is 18.9 Å². The normalized spacial score (nSPS) is 13.1. The predicted octanol–water partition coefficient (Wildman–Crippen LogP) is 5.78. The minimum absolute atomic E-state index is 0. The number of hydrogen-bond donors (Lipinski definition) is 1. The highest BCUT2D eigenvalue weighted by Crippen LogP contribution is 2.41. The summed E-state index contributed by atoms with van der Waals surface area (Å²) >= 11 is 0. The van der Waals surface area contributed by atoms with E-state index >= 15 is 0 Å². The molecule has 1 N–H and O–H groups in total. The van der Waals surface area contributed by atoms with Gasteiger partial charge in [-0.05, 0) is 86.4 Å². The highest BCUT2D eigenvalue weighted by Gasteiger charge is 2.22. The maximum Gasteiger partial charge on any atom is 0.203 e. The fourth-order valence-corrected chi connectivity index (χ4v) is 4.63. The molecule has 0 aliphatic carbocycles. The van der Waals surface area contributed by atoms with Gasteiger partial charge in [0.05, 0.1) is 27.9 Å². The van der Waals surface area contributed by atoms with Gasteiger partial charge in [-0.2, -0.15) is 0 Å². The molecule has 1 aliphatic rings. The zero-order valence-electron chi connectivity index (χ0n) is 21.9. The van der Waals surface area contributed by atoms with Crippen LogP contribution in [0.4, 0.5) is 5.69 Å². The maximum atomic E-state index is 5.66. The molecule has 0 atom stereocenters. The summed E-state index contributed by atoms with van der Waals surface area (Å²) in [5, 5.41) is 3.48. The topological polar surface area (TPSA) is 65.1 Å². The second-order valence-electron chi connectivity index (χ2n) is 8.53. The SMILES string of the molecule is CCOc1ccc(N(Cc2cncc(-c3cc(OC)c(OC)c(OC)c3)c2)C2CCNCC2)cc1.Cl.Cl. The molecule has 202 valence electrons. The van der Waals surface area contributed by atoms with E-state index in [-0.39, 0.29) is 24.8 Å². The van der Waals surface area contributed by atoms with Crippen molar-refractivity contribution >= 4 is 30.5 Å². The molecular weight excluding hydrogens is 513 g/mol. The van der Waals surface area contributed by atoms with E-state index in [0.717, 1.165) is 54.9 Å². The molecule has 7 nitrogen and oxygen atoms in total. The van der Waals surface area contributed by atoms with Gasteiger partial charge in [0, 0.05) is 36.2 Å². The van der Waals surface area contributed by atoms with Crippen LogP contribution in [0.3, 0.4) is 0 Å². The first-order valence-electron chi connectivity index (χ1n) is 12.1. The highest BCUT2D eigenvalue weighted by molar-refractivity contribution is 5.85. The molecule has 1 saturated heterocycles. The van der Waals surface area contributed by atoms with Crippen LogP contribution in [0.1, 0.15) is 25.3 Å². The summed E-state index contributed by atoms with van der Waals surface area (Å²) in [6, 6.07) is 15.0. The number of nitrogens with one attached hydrogen (secondary N) is 1. The third-order valence-electron chi connectivity index (χ3n) is 6.37. The number of pyridine rings is 1. The number of nitrogens with zero attached hydrogens (tertiary/aromatic N) is 2. The Kier molecular flexibility index (Phi) is 12.1. The van der Waals surface area contributed by atoms with Crippen LogP contribution in [0.2, 0.25) is 0 Å². The van der Waals surface area contributed by atoms with E-state index in [4.69, 9.17) is 18.9 Å². The summed E-state index contributed by atoms with van der Waals surface area (Å²) in [7, 11) is 4.87. The summed E-state index contributed by atoms with van der Waals surface area (Å²) in [5.41, 5.74) is 4.30. The summed E-state index contributed by atoms with van der Waals surface area (Å²) < 4.78 is 22.2. The number of ether oxygens (including phenoxy) is 4. The monoisotopic (exact) mass is 549 g/mol. The Morgan fingerprint density at radius 3 is 2.08 bits per heavy atom. The molecule has 1 fully saturated rings. The van der Waals surface area contributed by atoms with Gasteiger partial charge in [0.2, 0.25) is 5.75 Å². The van der Waals surface area contributed by atoms with Gasteiger partial charge in [-0.1, -0.05) is 0 Å². The van der Waals surface area contributed by atoms with Crippen LogP contribution in [-0.4, -0.2) is 52.1 Å². The van der Waals surface area contributed by atoms with Crippen molar-refractivity contribution in [2.75, 3.05) is 45.9 Å². The molecule has 9 heteroatoms. The Morgan fingerprint density at radius 1 is 0.865 bits per heavy atom. The lowest BCUT2D eigenvalue weighted by atomic mass is 10.0. The smallest absolute Gasteiger partial charge is 0.203 e. The number of aromatic nitrogens is 1. The molecule has 0 unspecified atom stereocenters. The van der Waals surface area contributed by atoms with Crippen LogP contribution in [0.25, 0.3) is 11.1 Å². The van der Waals surface area contributed by atoms with Crippen LogP contribution in [0.15, 0.2) is 54.9 Å². The van der Waals surface area contributed by atoms with Crippen LogP contribution in [-0.2, 0) is 6.54 Å². The van der Waals surface area contributed by atoms with E-state index in [9.17, 15) is 0 Å². The van der Waals surface area contributed by atoms with Crippen molar-refractivity contribution in [1.82, 2.24) is 10.3 Å². The van der Waals surface area contributed by atoms with Gasteiger partial charge >= 0.3 is 0 Å². The minimum atomic E-state index is 0. The first-order valence-corrected chi connectivity index (χ1v) is 12.1. The predicted molar refractivity (Wildman–Crippen MR) is 154 cm³/mol. The zero-order chi connectivity index (χ0) is 24.6. The Labute approximate surface area is 232 Å². The first kappa shape index (κ1) is 30.4. The van der Waals surface area contributed by atoms with Crippen molar-refractivity contribution in [1.29, 1.82) is 0 Å². The molecule has 0 spiro atoms. The Hall–Kier alpha value is -2.87. The molecule has 0 radical (unpaired) electrons. The first-order chi connectivity index (χ1) is 17.2. The van der Waals surface area contributed by atoms with E-state index < -0.39 is 0 Å². The number of hydrogen-bond acceptors (Lipinski definition) is 7. The number of benzene rings is 2. The molecule has 1 aromatic heterocycles. The molecule has 3 aromatic rings. The minimum Gasteiger partial charge on any atom is -0.494 e. The fraction of sp³-hybridized carbons (Fsp3) is 0.393. The van der Waals surface area contributed by atoms with E-state index in [0.29, 0.717) is 29.9 Å². The quantitative estimate of drug-likeness (QED) is 0.344. The third kappa shape index (κ3) is 7.34. The lowest BCUT2D eigenvalue weighted by molar-refractivity contribution is 0.324. The van der Waals surface area contributed by atoms with Crippen molar-refractivity contribution in [3.63, 3.8) is 0 Å². The van der Waals surface area contributed by atoms with Gasteiger partial charge < -0.3 is 29.2 Å². The Morgan fingerprint density at radius 2 is 1.51 bits per heavy atom. The van der Waals surface area contributed by atoms with Gasteiger partial charge in [-0.3, -0.25) is 4.98 Å². The highest BCUT2D eigenvalue weighted by atomic mass is 35.5. The largest absolute Gasteiger partial charge is 0.494 e. The molecule has 4 rings (SSSR count). The summed E-state index contributed by atoms with van der Waals surface area (Å²) in [6.07, 6.45) is 6.03. The van der Waals surface area contributed by atoms with Crippen LogP contribution < -0.4 is 29.2 Å². The number of rotatable bonds is 10. The van der Waals surface area contributed by atoms with Crippen molar-refractivity contribution in [2.24, 2.45) is 0 Å². The molecule has 2 aromatic carbocycles. The molecule has 1 aliphatic heterocycles. The Balaban J connectivity index is 0.00000241. The van der Waals surface area contributed by atoms with Crippen LogP contribution in [0.5, 0.6) is 23.0 Å². The van der Waals surface area contributed by atoms with Gasteiger partial charge in [0.1, 0.15) is 5.75 Å². The van der Waals surface area contributed by atoms with Gasteiger partial charge in [-0.25, -0.2) is 0 Å². The van der Waals surface area contributed by atoms with Gasteiger partial charge in [0.15, 0.2) is 11.5 Å². The van der Waals surface area contributed by atoms with E-state index in [1.54, 1.807) is 21.3 Å².